The fraction of sp³-hybridized carbons (Fsp3) is 0.318. The van der Waals surface area contributed by atoms with Crippen LogP contribution < -0.4 is 4.90 Å². The smallest absolute Gasteiger partial charge is 0.125 e. The van der Waals surface area contributed by atoms with Gasteiger partial charge in [0.1, 0.15) is 5.82 Å². The van der Waals surface area contributed by atoms with Gasteiger partial charge in [0.05, 0.1) is 17.6 Å². The summed E-state index contributed by atoms with van der Waals surface area (Å²) in [5.74, 6) is 0.783. The molecule has 3 heterocycles. The summed E-state index contributed by atoms with van der Waals surface area (Å²) in [6.45, 7) is 10.8. The van der Waals surface area contributed by atoms with Crippen LogP contribution in [0.2, 0.25) is 0 Å². The van der Waals surface area contributed by atoms with Gasteiger partial charge in [0.15, 0.2) is 0 Å². The molecule has 0 unspecified atom stereocenters. The van der Waals surface area contributed by atoms with E-state index in [4.69, 9.17) is 0 Å². The van der Waals surface area contributed by atoms with E-state index in [0.29, 0.717) is 0 Å². The minimum atomic E-state index is -0.131. The molecule has 1 fully saturated rings. The van der Waals surface area contributed by atoms with Gasteiger partial charge in [-0.25, -0.2) is 9.97 Å². The lowest BCUT2D eigenvalue weighted by atomic mass is 9.82. The molecule has 0 saturated carbocycles. The fourth-order valence-corrected chi connectivity index (χ4v) is 3.76. The van der Waals surface area contributed by atoms with Crippen LogP contribution in [0.15, 0.2) is 66.6 Å². The van der Waals surface area contributed by atoms with E-state index in [1.165, 1.54) is 5.57 Å². The Morgan fingerprint density at radius 2 is 1.78 bits per heavy atom. The summed E-state index contributed by atoms with van der Waals surface area (Å²) in [4.78, 5) is 11.0. The first-order valence-electron chi connectivity index (χ1n) is 9.28. The van der Waals surface area contributed by atoms with Crippen molar-refractivity contribution in [3.63, 3.8) is 0 Å². The molecule has 1 saturated heterocycles. The SMILES string of the molecule is C=C1N(c2cnn(C)c2)C2=C/C(c3cnc(C)nc3)=C\CC\C=C\2C1(C)C. The van der Waals surface area contributed by atoms with Gasteiger partial charge in [-0.1, -0.05) is 32.6 Å². The predicted molar refractivity (Wildman–Crippen MR) is 109 cm³/mol. The van der Waals surface area contributed by atoms with Crippen molar-refractivity contribution in [2.24, 2.45) is 12.5 Å². The molecule has 1 aliphatic carbocycles. The minimum Gasteiger partial charge on any atom is -0.311 e. The molecule has 5 heteroatoms. The van der Waals surface area contributed by atoms with E-state index in [0.717, 1.165) is 46.9 Å². The third kappa shape index (κ3) is 2.93. The number of hydrogen-bond donors (Lipinski definition) is 0. The monoisotopic (exact) mass is 359 g/mol. The van der Waals surface area contributed by atoms with Gasteiger partial charge in [0, 0.05) is 42.3 Å². The first-order chi connectivity index (χ1) is 12.9. The van der Waals surface area contributed by atoms with E-state index in [-0.39, 0.29) is 5.41 Å². The molecule has 0 atom stereocenters. The number of allylic oxidation sites excluding steroid dienone is 6. The number of anilines is 1. The van der Waals surface area contributed by atoms with Gasteiger partial charge in [-0.05, 0) is 37.0 Å². The number of aryl methyl sites for hydroxylation is 2. The zero-order valence-corrected chi connectivity index (χ0v) is 16.4. The Morgan fingerprint density at radius 1 is 1.07 bits per heavy atom. The summed E-state index contributed by atoms with van der Waals surface area (Å²) >= 11 is 0. The molecule has 138 valence electrons. The molecule has 1 aliphatic heterocycles. The number of rotatable bonds is 2. The Bertz CT molecular complexity index is 986. The molecule has 2 aliphatic rings. The third-order valence-corrected chi connectivity index (χ3v) is 5.42. The van der Waals surface area contributed by atoms with Gasteiger partial charge >= 0.3 is 0 Å². The summed E-state index contributed by atoms with van der Waals surface area (Å²) < 4.78 is 1.82. The summed E-state index contributed by atoms with van der Waals surface area (Å²) in [7, 11) is 1.94. The van der Waals surface area contributed by atoms with Crippen LogP contribution in [0.25, 0.3) is 5.57 Å². The molecule has 0 N–H and O–H groups in total. The Kier molecular flexibility index (Phi) is 4.10. The second-order valence-electron chi connectivity index (χ2n) is 7.68. The third-order valence-electron chi connectivity index (χ3n) is 5.42. The fourth-order valence-electron chi connectivity index (χ4n) is 3.76. The highest BCUT2D eigenvalue weighted by molar-refractivity contribution is 5.80. The van der Waals surface area contributed by atoms with Crippen molar-refractivity contribution in [2.75, 3.05) is 4.90 Å². The van der Waals surface area contributed by atoms with Crippen molar-refractivity contribution in [3.05, 3.63) is 77.9 Å². The maximum absolute atomic E-state index is 4.43. The standard InChI is InChI=1S/C22H25N5/c1-15-22(3,4)20-9-7-6-8-17(18-11-23-16(2)24-12-18)10-21(20)27(15)19-13-25-26(5)14-19/h8-14H,1,6-7H2,2-5H3/b17-8+,20-9-,21-10+. The molecular weight excluding hydrogens is 334 g/mol. The Morgan fingerprint density at radius 3 is 2.44 bits per heavy atom. The topological polar surface area (TPSA) is 46.8 Å². The quantitative estimate of drug-likeness (QED) is 0.788. The van der Waals surface area contributed by atoms with Gasteiger partial charge in [-0.15, -0.1) is 0 Å². The summed E-state index contributed by atoms with van der Waals surface area (Å²) in [5.41, 5.74) is 6.62. The van der Waals surface area contributed by atoms with Crippen molar-refractivity contribution < 1.29 is 0 Å². The Balaban J connectivity index is 1.88. The van der Waals surface area contributed by atoms with E-state index >= 15 is 0 Å². The largest absolute Gasteiger partial charge is 0.311 e. The van der Waals surface area contributed by atoms with Crippen molar-refractivity contribution >= 4 is 11.3 Å². The number of hydrogen-bond acceptors (Lipinski definition) is 4. The molecule has 0 aromatic carbocycles. The number of nitrogens with zero attached hydrogens (tertiary/aromatic N) is 5. The molecule has 5 nitrogen and oxygen atoms in total. The van der Waals surface area contributed by atoms with Crippen LogP contribution >= 0.6 is 0 Å². The highest BCUT2D eigenvalue weighted by Gasteiger charge is 2.43. The highest BCUT2D eigenvalue weighted by atomic mass is 15.3. The average Bonchev–Trinajstić information content (AvgIpc) is 3.09. The number of fused-ring (bicyclic) bond motifs is 1. The first kappa shape index (κ1) is 17.5. The van der Waals surface area contributed by atoms with Crippen LogP contribution in [-0.2, 0) is 7.05 Å². The van der Waals surface area contributed by atoms with Crippen molar-refractivity contribution in [3.8, 4) is 0 Å². The molecule has 2 aromatic heterocycles. The minimum absolute atomic E-state index is 0.131. The maximum atomic E-state index is 4.43. The van der Waals surface area contributed by atoms with Crippen molar-refractivity contribution in [1.29, 1.82) is 0 Å². The summed E-state index contributed by atoms with van der Waals surface area (Å²) in [6, 6.07) is 0. The van der Waals surface area contributed by atoms with Crippen molar-refractivity contribution in [2.45, 2.75) is 33.6 Å². The lowest BCUT2D eigenvalue weighted by Gasteiger charge is -2.23. The zero-order valence-electron chi connectivity index (χ0n) is 16.4. The van der Waals surface area contributed by atoms with E-state index < -0.39 is 0 Å². The molecule has 4 rings (SSSR count). The molecular formula is C22H25N5. The van der Waals surface area contributed by atoms with Crippen LogP contribution in [0.4, 0.5) is 5.69 Å². The highest BCUT2D eigenvalue weighted by Crippen LogP contribution is 2.52. The maximum Gasteiger partial charge on any atom is 0.125 e. The second-order valence-corrected chi connectivity index (χ2v) is 7.68. The van der Waals surface area contributed by atoms with E-state index in [1.54, 1.807) is 0 Å². The lowest BCUT2D eigenvalue weighted by Crippen LogP contribution is -2.18. The van der Waals surface area contributed by atoms with Crippen LogP contribution in [0.3, 0.4) is 0 Å². The average molecular weight is 359 g/mol. The Labute approximate surface area is 160 Å². The predicted octanol–water partition coefficient (Wildman–Crippen LogP) is 4.57. The molecule has 0 radical (unpaired) electrons. The molecule has 0 spiro atoms. The van der Waals surface area contributed by atoms with Gasteiger partial charge in [-0.3, -0.25) is 4.68 Å². The van der Waals surface area contributed by atoms with Gasteiger partial charge in [0.25, 0.3) is 0 Å². The van der Waals surface area contributed by atoms with Crippen LogP contribution in [0.1, 0.15) is 38.1 Å². The molecule has 0 bridgehead atoms. The summed E-state index contributed by atoms with van der Waals surface area (Å²) in [5, 5.41) is 4.36. The number of aromatic nitrogens is 4. The van der Waals surface area contributed by atoms with Crippen LogP contribution in [0.5, 0.6) is 0 Å². The zero-order chi connectivity index (χ0) is 19.2. The first-order valence-corrected chi connectivity index (χ1v) is 9.28. The molecule has 0 amide bonds. The normalized spacial score (nSPS) is 24.8. The van der Waals surface area contributed by atoms with Gasteiger partial charge < -0.3 is 4.90 Å². The van der Waals surface area contributed by atoms with E-state index in [1.807, 2.05) is 43.4 Å². The van der Waals surface area contributed by atoms with Crippen LogP contribution in [-0.4, -0.2) is 19.7 Å². The Hall–Kier alpha value is -2.95. The van der Waals surface area contributed by atoms with Crippen LogP contribution in [0, 0.1) is 12.3 Å². The van der Waals surface area contributed by atoms with E-state index in [2.05, 4.69) is 58.6 Å². The second kappa shape index (κ2) is 6.34. The van der Waals surface area contributed by atoms with Gasteiger partial charge in [-0.2, -0.15) is 5.10 Å². The summed E-state index contributed by atoms with van der Waals surface area (Å²) in [6.07, 6.45) is 16.6. The lowest BCUT2D eigenvalue weighted by molar-refractivity contribution is 0.573. The van der Waals surface area contributed by atoms with E-state index in [9.17, 15) is 0 Å². The molecule has 2 aromatic rings. The van der Waals surface area contributed by atoms with Gasteiger partial charge in [0.2, 0.25) is 0 Å². The van der Waals surface area contributed by atoms with Crippen molar-refractivity contribution in [1.82, 2.24) is 19.7 Å². The molecule has 27 heavy (non-hydrogen) atoms.